The van der Waals surface area contributed by atoms with Gasteiger partial charge >= 0.3 is 6.03 Å². The zero-order valence-electron chi connectivity index (χ0n) is 13.6. The molecule has 1 heterocycles. The number of rotatable bonds is 5. The van der Waals surface area contributed by atoms with E-state index in [9.17, 15) is 9.59 Å². The van der Waals surface area contributed by atoms with Gasteiger partial charge in [-0.1, -0.05) is 6.07 Å². The second kappa shape index (κ2) is 5.70. The number of carbonyl (C=O) groups excluding carboxylic acids is 2. The molecule has 2 fully saturated rings. The summed E-state index contributed by atoms with van der Waals surface area (Å²) in [5.74, 6) is 0.601. The Hall–Kier alpha value is -1.66. The number of hydrogen-bond acceptors (Lipinski definition) is 4. The first-order chi connectivity index (χ1) is 11.2. The molecule has 3 rings (SSSR count). The Labute approximate surface area is 150 Å². The zero-order chi connectivity index (χ0) is 17.7. The molecule has 0 bridgehead atoms. The van der Waals surface area contributed by atoms with E-state index in [0.717, 1.165) is 0 Å². The number of alkyl halides is 2. The lowest BCUT2D eigenvalue weighted by molar-refractivity contribution is -0.131. The van der Waals surface area contributed by atoms with Crippen molar-refractivity contribution in [3.63, 3.8) is 0 Å². The predicted octanol–water partition coefficient (Wildman–Crippen LogP) is 2.66. The molecule has 2 atom stereocenters. The Morgan fingerprint density at radius 2 is 1.88 bits per heavy atom. The van der Waals surface area contributed by atoms with Crippen LogP contribution in [0.2, 0.25) is 0 Å². The number of nitrogens with zero attached hydrogens (tertiary/aromatic N) is 1. The normalized spacial score (nSPS) is 27.9. The highest BCUT2D eigenvalue weighted by Gasteiger charge is 2.56. The molecule has 6 nitrogen and oxygen atoms in total. The molecule has 1 aliphatic carbocycles. The van der Waals surface area contributed by atoms with Gasteiger partial charge in [0.25, 0.3) is 5.91 Å². The van der Waals surface area contributed by atoms with E-state index in [-0.39, 0.29) is 18.4 Å². The molecule has 1 N–H and O–H groups in total. The quantitative estimate of drug-likeness (QED) is 0.637. The summed E-state index contributed by atoms with van der Waals surface area (Å²) in [4.78, 5) is 26.3. The molecular weight excluding hydrogens is 355 g/mol. The summed E-state index contributed by atoms with van der Waals surface area (Å²) in [6, 6.07) is 4.66. The van der Waals surface area contributed by atoms with Crippen LogP contribution in [0.5, 0.6) is 11.5 Å². The van der Waals surface area contributed by atoms with Crippen LogP contribution in [0.3, 0.4) is 0 Å². The van der Waals surface area contributed by atoms with Gasteiger partial charge in [-0.2, -0.15) is 0 Å². The van der Waals surface area contributed by atoms with E-state index in [2.05, 4.69) is 5.32 Å². The van der Waals surface area contributed by atoms with Crippen molar-refractivity contribution >= 4 is 35.1 Å². The summed E-state index contributed by atoms with van der Waals surface area (Å²) < 4.78 is 9.63. The molecule has 0 aromatic heterocycles. The fourth-order valence-electron chi connectivity index (χ4n) is 2.89. The average molecular weight is 373 g/mol. The number of nitrogens with one attached hydrogen (secondary N) is 1. The number of halogens is 2. The molecule has 3 amide bonds. The van der Waals surface area contributed by atoms with Crippen LogP contribution in [0.4, 0.5) is 4.79 Å². The first-order valence-electron chi connectivity index (χ1n) is 7.47. The van der Waals surface area contributed by atoms with Crippen LogP contribution >= 0.6 is 23.2 Å². The molecule has 130 valence electrons. The van der Waals surface area contributed by atoms with Crippen molar-refractivity contribution in [2.75, 3.05) is 20.8 Å². The van der Waals surface area contributed by atoms with Gasteiger partial charge in [0.05, 0.1) is 14.2 Å². The van der Waals surface area contributed by atoms with E-state index in [1.165, 1.54) is 19.1 Å². The molecule has 8 heteroatoms. The molecule has 1 aromatic rings. The molecule has 1 aromatic carbocycles. The van der Waals surface area contributed by atoms with Gasteiger partial charge in [-0.05, 0) is 31.0 Å². The molecule has 2 unspecified atom stereocenters. The highest BCUT2D eigenvalue weighted by Crippen LogP contribution is 2.53. The van der Waals surface area contributed by atoms with Crippen molar-refractivity contribution in [1.82, 2.24) is 10.2 Å². The van der Waals surface area contributed by atoms with Crippen LogP contribution in [0, 0.1) is 5.92 Å². The van der Waals surface area contributed by atoms with E-state index in [0.29, 0.717) is 23.5 Å². The van der Waals surface area contributed by atoms with Gasteiger partial charge in [-0.15, -0.1) is 23.2 Å². The molecular formula is C16H18Cl2N2O4. The van der Waals surface area contributed by atoms with Gasteiger partial charge in [-0.25, -0.2) is 4.79 Å². The molecule has 1 aliphatic heterocycles. The van der Waals surface area contributed by atoms with E-state index in [1.807, 2.05) is 0 Å². The SMILES string of the molecule is COc1ccc(C2(C)NC(=O)N(CC3CC3(Cl)Cl)C2=O)cc1OC. The van der Waals surface area contributed by atoms with E-state index in [1.54, 1.807) is 25.1 Å². The smallest absolute Gasteiger partial charge is 0.325 e. The highest BCUT2D eigenvalue weighted by molar-refractivity contribution is 6.50. The second-order valence-corrected chi connectivity index (χ2v) is 7.75. The Balaban J connectivity index is 1.88. The third kappa shape index (κ3) is 2.67. The highest BCUT2D eigenvalue weighted by atomic mass is 35.5. The lowest BCUT2D eigenvalue weighted by atomic mass is 9.91. The number of imide groups is 1. The van der Waals surface area contributed by atoms with Crippen LogP contribution in [0.1, 0.15) is 18.9 Å². The van der Waals surface area contributed by atoms with Crippen molar-refractivity contribution in [3.8, 4) is 11.5 Å². The van der Waals surface area contributed by atoms with Gasteiger partial charge in [0, 0.05) is 12.5 Å². The number of ether oxygens (including phenoxy) is 2. The number of amides is 3. The minimum atomic E-state index is -1.17. The number of benzene rings is 1. The first-order valence-corrected chi connectivity index (χ1v) is 8.23. The summed E-state index contributed by atoms with van der Waals surface area (Å²) in [6.07, 6.45) is 0.570. The summed E-state index contributed by atoms with van der Waals surface area (Å²) in [5, 5.41) is 2.75. The van der Waals surface area contributed by atoms with Crippen molar-refractivity contribution < 1.29 is 19.1 Å². The molecule has 0 radical (unpaired) electrons. The second-order valence-electron chi connectivity index (χ2n) is 6.20. The molecule has 24 heavy (non-hydrogen) atoms. The Morgan fingerprint density at radius 1 is 1.25 bits per heavy atom. The third-order valence-corrected chi connectivity index (χ3v) is 5.52. The van der Waals surface area contributed by atoms with E-state index < -0.39 is 15.9 Å². The zero-order valence-corrected chi connectivity index (χ0v) is 15.1. The molecule has 1 saturated heterocycles. The minimum Gasteiger partial charge on any atom is -0.493 e. The van der Waals surface area contributed by atoms with E-state index >= 15 is 0 Å². The van der Waals surface area contributed by atoms with Crippen LogP contribution < -0.4 is 14.8 Å². The fourth-order valence-corrected chi connectivity index (χ4v) is 3.40. The lowest BCUT2D eigenvalue weighted by Gasteiger charge is -2.23. The van der Waals surface area contributed by atoms with Crippen molar-refractivity contribution in [1.29, 1.82) is 0 Å². The maximum absolute atomic E-state index is 12.9. The van der Waals surface area contributed by atoms with Crippen LogP contribution in [-0.2, 0) is 10.3 Å². The molecule has 0 spiro atoms. The Kier molecular flexibility index (Phi) is 4.08. The van der Waals surface area contributed by atoms with Gasteiger partial charge in [0.2, 0.25) is 0 Å². The maximum atomic E-state index is 12.9. The van der Waals surface area contributed by atoms with Crippen molar-refractivity contribution in [2.45, 2.75) is 23.2 Å². The molecule has 1 saturated carbocycles. The van der Waals surface area contributed by atoms with Gasteiger partial charge in [0.1, 0.15) is 9.87 Å². The minimum absolute atomic E-state index is 0.0942. The fraction of sp³-hybridized carbons (Fsp3) is 0.500. The standard InChI is InChI=1S/C16H18Cl2N2O4/c1-15(9-4-5-11(23-2)12(6-9)24-3)13(21)20(14(22)19-15)8-10-7-16(10,17)18/h4-6,10H,7-8H2,1-3H3,(H,19,22). The van der Waals surface area contributed by atoms with Crippen molar-refractivity contribution in [2.24, 2.45) is 5.92 Å². The third-order valence-electron chi connectivity index (χ3n) is 4.59. The summed E-state index contributed by atoms with van der Waals surface area (Å²) in [5.41, 5.74) is -0.563. The van der Waals surface area contributed by atoms with Crippen LogP contribution in [0.15, 0.2) is 18.2 Å². The summed E-state index contributed by atoms with van der Waals surface area (Å²) >= 11 is 12.0. The summed E-state index contributed by atoms with van der Waals surface area (Å²) in [7, 11) is 3.04. The maximum Gasteiger partial charge on any atom is 0.325 e. The summed E-state index contributed by atoms with van der Waals surface area (Å²) in [6.45, 7) is 1.87. The Morgan fingerprint density at radius 3 is 2.42 bits per heavy atom. The largest absolute Gasteiger partial charge is 0.493 e. The van der Waals surface area contributed by atoms with Crippen LogP contribution in [0.25, 0.3) is 0 Å². The number of methoxy groups -OCH3 is 2. The average Bonchev–Trinajstić information content (AvgIpc) is 3.09. The van der Waals surface area contributed by atoms with E-state index in [4.69, 9.17) is 32.7 Å². The monoisotopic (exact) mass is 372 g/mol. The lowest BCUT2D eigenvalue weighted by Crippen LogP contribution is -2.41. The molecule has 2 aliphatic rings. The van der Waals surface area contributed by atoms with Crippen molar-refractivity contribution in [3.05, 3.63) is 23.8 Å². The number of hydrogen-bond donors (Lipinski definition) is 1. The van der Waals surface area contributed by atoms with Crippen LogP contribution in [-0.4, -0.2) is 41.9 Å². The van der Waals surface area contributed by atoms with Gasteiger partial charge in [0.15, 0.2) is 11.5 Å². The van der Waals surface area contributed by atoms with Gasteiger partial charge in [-0.3, -0.25) is 9.69 Å². The number of carbonyl (C=O) groups is 2. The first kappa shape index (κ1) is 17.2. The Bertz CT molecular complexity index is 709. The topological polar surface area (TPSA) is 67.9 Å². The predicted molar refractivity (Wildman–Crippen MR) is 89.7 cm³/mol. The number of urea groups is 1. The van der Waals surface area contributed by atoms with Gasteiger partial charge < -0.3 is 14.8 Å².